The molecule has 0 fully saturated rings. The van der Waals surface area contributed by atoms with Gasteiger partial charge in [0.25, 0.3) is 5.91 Å². The van der Waals surface area contributed by atoms with Crippen molar-refractivity contribution in [1.29, 1.82) is 0 Å². The predicted octanol–water partition coefficient (Wildman–Crippen LogP) is 2.64. The van der Waals surface area contributed by atoms with Crippen molar-refractivity contribution in [2.45, 2.75) is 0 Å². The zero-order chi connectivity index (χ0) is 14.8. The number of nitrogens with one attached hydrogen (secondary N) is 1. The Hall–Kier alpha value is -2.80. The lowest BCUT2D eigenvalue weighted by Crippen LogP contribution is -2.13. The van der Waals surface area contributed by atoms with E-state index in [0.717, 1.165) is 10.2 Å². The molecular weight excluding hydrogens is 290 g/mol. The lowest BCUT2D eigenvalue weighted by Gasteiger charge is -2.02. The second-order valence-corrected chi connectivity index (χ2v) is 5.21. The maximum absolute atomic E-state index is 12.1. The molecular formula is C14H9N3O3S. The summed E-state index contributed by atoms with van der Waals surface area (Å²) >= 11 is 1.36. The predicted molar refractivity (Wildman–Crippen MR) is 78.8 cm³/mol. The van der Waals surface area contributed by atoms with Crippen molar-refractivity contribution in [1.82, 2.24) is 9.97 Å². The second-order valence-electron chi connectivity index (χ2n) is 4.18. The number of hydrogen-bond donors (Lipinski definition) is 2. The molecule has 0 unspecified atom stereocenters. The van der Waals surface area contributed by atoms with Crippen LogP contribution in [0.4, 0.5) is 5.13 Å². The Labute approximate surface area is 123 Å². The summed E-state index contributed by atoms with van der Waals surface area (Å²) < 4.78 is 0.966. The number of amides is 1. The Morgan fingerprint density at radius 3 is 2.76 bits per heavy atom. The molecule has 0 saturated carbocycles. The molecule has 6 nitrogen and oxygen atoms in total. The zero-order valence-corrected chi connectivity index (χ0v) is 11.4. The van der Waals surface area contributed by atoms with Crippen LogP contribution < -0.4 is 5.32 Å². The Kier molecular flexibility index (Phi) is 3.33. The fourth-order valence-corrected chi connectivity index (χ4v) is 2.64. The molecule has 104 valence electrons. The molecule has 0 atom stereocenters. The average molecular weight is 299 g/mol. The summed E-state index contributed by atoms with van der Waals surface area (Å²) in [7, 11) is 0. The fourth-order valence-electron chi connectivity index (χ4n) is 1.78. The molecule has 3 aromatic rings. The molecule has 3 rings (SSSR count). The van der Waals surface area contributed by atoms with Crippen molar-refractivity contribution >= 4 is 38.6 Å². The van der Waals surface area contributed by atoms with Gasteiger partial charge in [-0.15, -0.1) is 0 Å². The summed E-state index contributed by atoms with van der Waals surface area (Å²) in [6.07, 6.45) is 1.29. The number of para-hydroxylation sites is 1. The number of aromatic carboxylic acids is 1. The Balaban J connectivity index is 1.85. The highest BCUT2D eigenvalue weighted by Gasteiger charge is 2.12. The summed E-state index contributed by atoms with van der Waals surface area (Å²) in [6, 6.07) is 10.2. The monoisotopic (exact) mass is 299 g/mol. The van der Waals surface area contributed by atoms with Crippen LogP contribution in [-0.4, -0.2) is 27.0 Å². The molecule has 0 spiro atoms. The fraction of sp³-hybridized carbons (Fsp3) is 0. The van der Waals surface area contributed by atoms with Crippen LogP contribution in [0.3, 0.4) is 0 Å². The molecule has 0 aliphatic rings. The first kappa shape index (κ1) is 13.2. The zero-order valence-electron chi connectivity index (χ0n) is 10.6. The summed E-state index contributed by atoms with van der Waals surface area (Å²) in [5.41, 5.74) is 0.854. The summed E-state index contributed by atoms with van der Waals surface area (Å²) in [5.74, 6) is -1.59. The van der Waals surface area contributed by atoms with Gasteiger partial charge in [0.1, 0.15) is 5.69 Å². The van der Waals surface area contributed by atoms with Crippen LogP contribution in [-0.2, 0) is 0 Å². The molecule has 0 saturated heterocycles. The Bertz CT molecular complexity index is 811. The first-order valence-corrected chi connectivity index (χ1v) is 6.81. The van der Waals surface area contributed by atoms with Gasteiger partial charge >= 0.3 is 5.97 Å². The van der Waals surface area contributed by atoms with E-state index in [1.165, 1.54) is 29.7 Å². The maximum atomic E-state index is 12.1. The highest BCUT2D eigenvalue weighted by atomic mass is 32.1. The van der Waals surface area contributed by atoms with E-state index in [2.05, 4.69) is 15.3 Å². The van der Waals surface area contributed by atoms with Crippen molar-refractivity contribution in [2.24, 2.45) is 0 Å². The molecule has 2 aromatic heterocycles. The summed E-state index contributed by atoms with van der Waals surface area (Å²) in [4.78, 5) is 30.9. The molecule has 0 radical (unpaired) electrons. The highest BCUT2D eigenvalue weighted by Crippen LogP contribution is 2.25. The van der Waals surface area contributed by atoms with Crippen molar-refractivity contribution in [3.63, 3.8) is 0 Å². The van der Waals surface area contributed by atoms with E-state index in [-0.39, 0.29) is 11.3 Å². The van der Waals surface area contributed by atoms with E-state index in [4.69, 9.17) is 5.11 Å². The number of carboxylic acids is 1. The molecule has 21 heavy (non-hydrogen) atoms. The number of carbonyl (C=O) groups is 2. The van der Waals surface area contributed by atoms with Crippen LogP contribution in [0, 0.1) is 0 Å². The number of carbonyl (C=O) groups excluding carboxylic acids is 1. The van der Waals surface area contributed by atoms with E-state index in [1.54, 1.807) is 0 Å². The number of fused-ring (bicyclic) bond motifs is 1. The number of anilines is 1. The lowest BCUT2D eigenvalue weighted by molar-refractivity contribution is 0.0690. The number of aromatic nitrogens is 2. The van der Waals surface area contributed by atoms with E-state index in [1.807, 2.05) is 24.3 Å². The van der Waals surface area contributed by atoms with Gasteiger partial charge in [0, 0.05) is 11.8 Å². The summed E-state index contributed by atoms with van der Waals surface area (Å²) in [6.45, 7) is 0. The SMILES string of the molecule is O=C(Nc1nc2ccccc2s1)c1ccnc(C(=O)O)c1. The first-order valence-electron chi connectivity index (χ1n) is 6.00. The van der Waals surface area contributed by atoms with E-state index >= 15 is 0 Å². The topological polar surface area (TPSA) is 92.2 Å². The highest BCUT2D eigenvalue weighted by molar-refractivity contribution is 7.22. The van der Waals surface area contributed by atoms with Gasteiger partial charge in [0.05, 0.1) is 10.2 Å². The number of carboxylic acid groups (broad SMARTS) is 1. The van der Waals surface area contributed by atoms with Gasteiger partial charge in [-0.25, -0.2) is 14.8 Å². The molecule has 0 bridgehead atoms. The number of nitrogens with zero attached hydrogens (tertiary/aromatic N) is 2. The standard InChI is InChI=1S/C14H9N3O3S/c18-12(8-5-6-15-10(7-8)13(19)20)17-14-16-9-3-1-2-4-11(9)21-14/h1-7H,(H,19,20)(H,16,17,18). The smallest absolute Gasteiger partial charge is 0.354 e. The minimum Gasteiger partial charge on any atom is -0.477 e. The average Bonchev–Trinajstić information content (AvgIpc) is 2.89. The van der Waals surface area contributed by atoms with Crippen LogP contribution in [0.25, 0.3) is 10.2 Å². The molecule has 7 heteroatoms. The van der Waals surface area contributed by atoms with E-state index in [0.29, 0.717) is 5.13 Å². The number of pyridine rings is 1. The van der Waals surface area contributed by atoms with Gasteiger partial charge in [-0.2, -0.15) is 0 Å². The quantitative estimate of drug-likeness (QED) is 0.775. The minimum absolute atomic E-state index is 0.174. The number of rotatable bonds is 3. The van der Waals surface area contributed by atoms with Crippen molar-refractivity contribution in [3.8, 4) is 0 Å². The maximum Gasteiger partial charge on any atom is 0.354 e. The third-order valence-electron chi connectivity index (χ3n) is 2.76. The molecule has 1 amide bonds. The van der Waals surface area contributed by atoms with Gasteiger partial charge in [-0.05, 0) is 24.3 Å². The van der Waals surface area contributed by atoms with Crippen LogP contribution in [0.15, 0.2) is 42.6 Å². The first-order chi connectivity index (χ1) is 10.1. The number of benzene rings is 1. The van der Waals surface area contributed by atoms with Crippen LogP contribution >= 0.6 is 11.3 Å². The molecule has 0 aliphatic heterocycles. The number of hydrogen-bond acceptors (Lipinski definition) is 5. The molecule has 0 aliphatic carbocycles. The van der Waals surface area contributed by atoms with Crippen molar-refractivity contribution in [2.75, 3.05) is 5.32 Å². The normalized spacial score (nSPS) is 10.5. The largest absolute Gasteiger partial charge is 0.477 e. The minimum atomic E-state index is -1.18. The van der Waals surface area contributed by atoms with Gasteiger partial charge < -0.3 is 5.11 Å². The van der Waals surface area contributed by atoms with Gasteiger partial charge in [-0.1, -0.05) is 23.5 Å². The summed E-state index contributed by atoms with van der Waals surface area (Å²) in [5, 5.41) is 12.0. The molecule has 2 heterocycles. The van der Waals surface area contributed by atoms with Gasteiger partial charge in [-0.3, -0.25) is 10.1 Å². The van der Waals surface area contributed by atoms with Gasteiger partial charge in [0.15, 0.2) is 5.13 Å². The van der Waals surface area contributed by atoms with Crippen LogP contribution in [0.2, 0.25) is 0 Å². The van der Waals surface area contributed by atoms with E-state index in [9.17, 15) is 9.59 Å². The van der Waals surface area contributed by atoms with Crippen LogP contribution in [0.5, 0.6) is 0 Å². The third-order valence-corrected chi connectivity index (χ3v) is 3.71. The van der Waals surface area contributed by atoms with Crippen LogP contribution in [0.1, 0.15) is 20.8 Å². The molecule has 1 aromatic carbocycles. The Morgan fingerprint density at radius 1 is 1.19 bits per heavy atom. The Morgan fingerprint density at radius 2 is 2.00 bits per heavy atom. The van der Waals surface area contributed by atoms with Crippen molar-refractivity contribution in [3.05, 3.63) is 53.9 Å². The van der Waals surface area contributed by atoms with Crippen molar-refractivity contribution < 1.29 is 14.7 Å². The van der Waals surface area contributed by atoms with E-state index < -0.39 is 11.9 Å². The second kappa shape index (κ2) is 5.29. The molecule has 2 N–H and O–H groups in total. The number of thiazole rings is 1. The third kappa shape index (κ3) is 2.72. The van der Waals surface area contributed by atoms with Gasteiger partial charge in [0.2, 0.25) is 0 Å². The lowest BCUT2D eigenvalue weighted by atomic mass is 10.2.